The van der Waals surface area contributed by atoms with Crippen molar-refractivity contribution in [2.45, 2.75) is 19.9 Å². The van der Waals surface area contributed by atoms with Crippen LogP contribution in [0.2, 0.25) is 5.02 Å². The number of ether oxygens (including phenoxy) is 3. The first-order valence-electron chi connectivity index (χ1n) is 9.50. The van der Waals surface area contributed by atoms with Gasteiger partial charge in [0.1, 0.15) is 6.04 Å². The van der Waals surface area contributed by atoms with E-state index in [-0.39, 0.29) is 5.92 Å². The summed E-state index contributed by atoms with van der Waals surface area (Å²) in [6.07, 6.45) is 1.44. The first-order chi connectivity index (χ1) is 14.8. The predicted octanol–water partition coefficient (Wildman–Crippen LogP) is 3.27. The fourth-order valence-electron chi connectivity index (χ4n) is 2.81. The maximum absolute atomic E-state index is 12.6. The normalized spacial score (nSPS) is 11.8. The summed E-state index contributed by atoms with van der Waals surface area (Å²) < 4.78 is 15.9. The van der Waals surface area contributed by atoms with Crippen molar-refractivity contribution in [2.24, 2.45) is 11.0 Å². The van der Waals surface area contributed by atoms with Crippen LogP contribution in [0.3, 0.4) is 0 Å². The minimum absolute atomic E-state index is 0.167. The Hall–Kier alpha value is -3.26. The van der Waals surface area contributed by atoms with Crippen LogP contribution >= 0.6 is 11.6 Å². The van der Waals surface area contributed by atoms with Crippen molar-refractivity contribution in [2.75, 3.05) is 21.3 Å². The number of amides is 2. The summed E-state index contributed by atoms with van der Waals surface area (Å²) in [5.74, 6) is 0.361. The van der Waals surface area contributed by atoms with Gasteiger partial charge in [0.15, 0.2) is 11.5 Å². The van der Waals surface area contributed by atoms with E-state index in [2.05, 4.69) is 15.8 Å². The van der Waals surface area contributed by atoms with Crippen LogP contribution in [0.25, 0.3) is 0 Å². The second-order valence-electron chi connectivity index (χ2n) is 6.90. The lowest BCUT2D eigenvalue weighted by Crippen LogP contribution is -2.48. The molecule has 31 heavy (non-hydrogen) atoms. The third kappa shape index (κ3) is 6.36. The minimum Gasteiger partial charge on any atom is -0.493 e. The molecule has 1 unspecified atom stereocenters. The van der Waals surface area contributed by atoms with Gasteiger partial charge < -0.3 is 19.5 Å². The van der Waals surface area contributed by atoms with E-state index in [4.69, 9.17) is 25.8 Å². The molecule has 2 rings (SSSR count). The Morgan fingerprint density at radius 1 is 1.03 bits per heavy atom. The highest BCUT2D eigenvalue weighted by Crippen LogP contribution is 2.37. The number of carbonyl (C=O) groups is 2. The third-order valence-corrected chi connectivity index (χ3v) is 4.63. The molecule has 0 saturated carbocycles. The SMILES string of the molecule is COc1cc(/C=N\NC(=O)C(NC(=O)c2cccc(Cl)c2)C(C)C)cc(OC)c1OC. The number of halogens is 1. The fraction of sp³-hybridized carbons (Fsp3) is 0.318. The van der Waals surface area contributed by atoms with Crippen LogP contribution in [-0.2, 0) is 4.79 Å². The summed E-state index contributed by atoms with van der Waals surface area (Å²) in [5, 5.41) is 7.15. The average Bonchev–Trinajstić information content (AvgIpc) is 2.76. The van der Waals surface area contributed by atoms with Crippen molar-refractivity contribution in [1.82, 2.24) is 10.7 Å². The third-order valence-electron chi connectivity index (χ3n) is 4.40. The molecule has 9 heteroatoms. The zero-order chi connectivity index (χ0) is 23.0. The van der Waals surface area contributed by atoms with Gasteiger partial charge in [-0.05, 0) is 36.2 Å². The van der Waals surface area contributed by atoms with Gasteiger partial charge in [0.25, 0.3) is 11.8 Å². The van der Waals surface area contributed by atoms with E-state index < -0.39 is 17.9 Å². The molecule has 2 N–H and O–H groups in total. The van der Waals surface area contributed by atoms with E-state index in [0.717, 1.165) is 0 Å². The summed E-state index contributed by atoms with van der Waals surface area (Å²) in [5.41, 5.74) is 3.45. The van der Waals surface area contributed by atoms with Crippen molar-refractivity contribution in [1.29, 1.82) is 0 Å². The molecule has 2 amide bonds. The van der Waals surface area contributed by atoms with Crippen LogP contribution in [0.5, 0.6) is 17.2 Å². The second-order valence-corrected chi connectivity index (χ2v) is 7.33. The average molecular weight is 448 g/mol. The highest BCUT2D eigenvalue weighted by Gasteiger charge is 2.24. The van der Waals surface area contributed by atoms with Crippen molar-refractivity contribution in [3.8, 4) is 17.2 Å². The Balaban J connectivity index is 2.11. The van der Waals surface area contributed by atoms with Gasteiger partial charge >= 0.3 is 0 Å². The van der Waals surface area contributed by atoms with E-state index in [1.165, 1.54) is 33.6 Å². The van der Waals surface area contributed by atoms with Gasteiger partial charge in [0, 0.05) is 16.1 Å². The summed E-state index contributed by atoms with van der Waals surface area (Å²) in [6.45, 7) is 3.65. The zero-order valence-corrected chi connectivity index (χ0v) is 18.8. The lowest BCUT2D eigenvalue weighted by Gasteiger charge is -2.20. The van der Waals surface area contributed by atoms with Gasteiger partial charge in [0.2, 0.25) is 5.75 Å². The highest BCUT2D eigenvalue weighted by atomic mass is 35.5. The molecule has 0 aliphatic heterocycles. The fourth-order valence-corrected chi connectivity index (χ4v) is 3.00. The Kier molecular flexibility index (Phi) is 8.69. The molecule has 0 heterocycles. The topological polar surface area (TPSA) is 98.2 Å². The van der Waals surface area contributed by atoms with Crippen molar-refractivity contribution >= 4 is 29.6 Å². The number of carbonyl (C=O) groups excluding carboxylic acids is 2. The van der Waals surface area contributed by atoms with Crippen molar-refractivity contribution < 1.29 is 23.8 Å². The van der Waals surface area contributed by atoms with Crippen LogP contribution in [0.1, 0.15) is 29.8 Å². The lowest BCUT2D eigenvalue weighted by atomic mass is 10.0. The number of hydrogen-bond donors (Lipinski definition) is 2. The van der Waals surface area contributed by atoms with E-state index in [0.29, 0.717) is 33.4 Å². The molecule has 0 bridgehead atoms. The Morgan fingerprint density at radius 2 is 1.68 bits per heavy atom. The monoisotopic (exact) mass is 447 g/mol. The van der Waals surface area contributed by atoms with Crippen LogP contribution in [0.15, 0.2) is 41.5 Å². The molecule has 0 aliphatic rings. The summed E-state index contributed by atoms with van der Waals surface area (Å²) in [4.78, 5) is 25.1. The van der Waals surface area contributed by atoms with Crippen LogP contribution in [-0.4, -0.2) is 45.4 Å². The minimum atomic E-state index is -0.788. The molecule has 0 aromatic heterocycles. The van der Waals surface area contributed by atoms with E-state index >= 15 is 0 Å². The van der Waals surface area contributed by atoms with Crippen LogP contribution in [0, 0.1) is 5.92 Å². The standard InChI is InChI=1S/C22H26ClN3O5/c1-13(2)19(25-21(27)15-7-6-8-16(23)11-15)22(28)26-24-12-14-9-17(29-3)20(31-5)18(10-14)30-4/h6-13,19H,1-5H3,(H,25,27)(H,26,28)/b24-12-. The van der Waals surface area contributed by atoms with Crippen molar-refractivity contribution in [3.63, 3.8) is 0 Å². The number of rotatable bonds is 9. The number of nitrogens with one attached hydrogen (secondary N) is 2. The molecule has 2 aromatic carbocycles. The van der Waals surface area contributed by atoms with Gasteiger partial charge in [-0.2, -0.15) is 5.10 Å². The molecule has 0 spiro atoms. The number of nitrogens with zero attached hydrogens (tertiary/aromatic N) is 1. The molecule has 0 fully saturated rings. The first kappa shape index (κ1) is 24.0. The number of hydrazone groups is 1. The molecular weight excluding hydrogens is 422 g/mol. The van der Waals surface area contributed by atoms with Crippen LogP contribution < -0.4 is 25.0 Å². The molecule has 0 saturated heterocycles. The summed E-state index contributed by atoms with van der Waals surface area (Å²) in [6, 6.07) is 9.10. The summed E-state index contributed by atoms with van der Waals surface area (Å²) >= 11 is 5.94. The van der Waals surface area contributed by atoms with Crippen molar-refractivity contribution in [3.05, 3.63) is 52.5 Å². The maximum Gasteiger partial charge on any atom is 0.262 e. The molecule has 0 aliphatic carbocycles. The molecule has 2 aromatic rings. The maximum atomic E-state index is 12.6. The van der Waals surface area contributed by atoms with E-state index in [1.54, 1.807) is 30.3 Å². The quantitative estimate of drug-likeness (QED) is 0.454. The number of hydrogen-bond acceptors (Lipinski definition) is 6. The Morgan fingerprint density at radius 3 is 2.19 bits per heavy atom. The van der Waals surface area contributed by atoms with E-state index in [9.17, 15) is 9.59 Å². The van der Waals surface area contributed by atoms with Crippen LogP contribution in [0.4, 0.5) is 0 Å². The summed E-state index contributed by atoms with van der Waals surface area (Å²) in [7, 11) is 4.53. The highest BCUT2D eigenvalue weighted by molar-refractivity contribution is 6.31. The van der Waals surface area contributed by atoms with Gasteiger partial charge in [-0.1, -0.05) is 31.5 Å². The second kappa shape index (κ2) is 11.2. The number of benzene rings is 2. The molecule has 166 valence electrons. The molecule has 0 radical (unpaired) electrons. The smallest absolute Gasteiger partial charge is 0.262 e. The predicted molar refractivity (Wildman–Crippen MR) is 119 cm³/mol. The molecule has 1 atom stereocenters. The van der Waals surface area contributed by atoms with Gasteiger partial charge in [-0.25, -0.2) is 5.43 Å². The zero-order valence-electron chi connectivity index (χ0n) is 18.1. The largest absolute Gasteiger partial charge is 0.493 e. The first-order valence-corrected chi connectivity index (χ1v) is 9.87. The van der Waals surface area contributed by atoms with Gasteiger partial charge in [-0.3, -0.25) is 9.59 Å². The van der Waals surface area contributed by atoms with Gasteiger partial charge in [0.05, 0.1) is 27.5 Å². The Bertz CT molecular complexity index is 937. The van der Waals surface area contributed by atoms with E-state index in [1.807, 2.05) is 13.8 Å². The molecular formula is C22H26ClN3O5. The number of methoxy groups -OCH3 is 3. The lowest BCUT2D eigenvalue weighted by molar-refractivity contribution is -0.123. The van der Waals surface area contributed by atoms with Gasteiger partial charge in [-0.15, -0.1) is 0 Å². The molecule has 8 nitrogen and oxygen atoms in total. The Labute approximate surface area is 186 Å².